The first kappa shape index (κ1) is 20.1. The molecule has 5 rings (SSSR count). The Morgan fingerprint density at radius 1 is 1.06 bits per heavy atom. The molecule has 1 N–H and O–H groups in total. The minimum atomic E-state index is -0.385. The average molecular weight is 488 g/mol. The Hall–Kier alpha value is -3.78. The van der Waals surface area contributed by atoms with Crippen LogP contribution in [0.15, 0.2) is 82.3 Å². The summed E-state index contributed by atoms with van der Waals surface area (Å²) in [5.74, 6) is -0.345. The van der Waals surface area contributed by atoms with Crippen molar-refractivity contribution in [1.82, 2.24) is 19.4 Å². The fourth-order valence-corrected chi connectivity index (χ4v) is 4.27. The van der Waals surface area contributed by atoms with E-state index in [1.54, 1.807) is 6.07 Å². The van der Waals surface area contributed by atoms with Crippen molar-refractivity contribution < 1.29 is 4.79 Å². The van der Waals surface area contributed by atoms with E-state index in [2.05, 4.69) is 31.4 Å². The van der Waals surface area contributed by atoms with E-state index in [1.807, 2.05) is 67.6 Å². The molecule has 0 saturated heterocycles. The van der Waals surface area contributed by atoms with Crippen molar-refractivity contribution in [2.45, 2.75) is 13.5 Å². The third-order valence-corrected chi connectivity index (χ3v) is 5.90. The molecule has 0 bridgehead atoms. The number of amides is 1. The second-order valence-electron chi connectivity index (χ2n) is 7.51. The molecule has 0 aliphatic rings. The Balaban J connectivity index is 1.47. The van der Waals surface area contributed by atoms with Crippen molar-refractivity contribution in [3.63, 3.8) is 0 Å². The van der Waals surface area contributed by atoms with Crippen LogP contribution in [0.3, 0.4) is 0 Å². The Morgan fingerprint density at radius 2 is 1.88 bits per heavy atom. The van der Waals surface area contributed by atoms with E-state index in [0.29, 0.717) is 16.9 Å². The molecular formula is C24H18BrN5O2. The first-order valence-electron chi connectivity index (χ1n) is 9.99. The summed E-state index contributed by atoms with van der Waals surface area (Å²) in [4.78, 5) is 25.5. The summed E-state index contributed by atoms with van der Waals surface area (Å²) in [6.07, 6.45) is 1.44. The van der Waals surface area contributed by atoms with Crippen LogP contribution in [0.4, 0.5) is 5.69 Å². The fourth-order valence-electron chi connectivity index (χ4n) is 3.68. The van der Waals surface area contributed by atoms with Gasteiger partial charge in [-0.3, -0.25) is 9.59 Å². The molecule has 0 radical (unpaired) electrons. The highest BCUT2D eigenvalue weighted by Crippen LogP contribution is 2.28. The first-order chi connectivity index (χ1) is 15.5. The van der Waals surface area contributed by atoms with Crippen LogP contribution in [0.25, 0.3) is 27.5 Å². The molecule has 3 aromatic carbocycles. The second kappa shape index (κ2) is 8.05. The second-order valence-corrected chi connectivity index (χ2v) is 8.37. The topological polar surface area (TPSA) is 81.3 Å². The molecule has 8 heteroatoms. The number of nitrogens with one attached hydrogen (secondary N) is 1. The molecule has 0 aliphatic carbocycles. The summed E-state index contributed by atoms with van der Waals surface area (Å²) in [7, 11) is 0. The molecule has 32 heavy (non-hydrogen) atoms. The third-order valence-electron chi connectivity index (χ3n) is 5.25. The van der Waals surface area contributed by atoms with Crippen LogP contribution in [-0.4, -0.2) is 25.3 Å². The van der Waals surface area contributed by atoms with E-state index in [0.717, 1.165) is 31.1 Å². The van der Waals surface area contributed by atoms with E-state index in [4.69, 9.17) is 0 Å². The number of benzene rings is 3. The van der Waals surface area contributed by atoms with Crippen LogP contribution in [0, 0.1) is 6.92 Å². The van der Waals surface area contributed by atoms with Gasteiger partial charge in [0.2, 0.25) is 5.91 Å². The number of aryl methyl sites for hydroxylation is 1. The van der Waals surface area contributed by atoms with Crippen molar-refractivity contribution in [2.24, 2.45) is 0 Å². The Labute approximate surface area is 191 Å². The number of aromatic nitrogens is 4. The Kier molecular flexibility index (Phi) is 5.07. The van der Waals surface area contributed by atoms with Crippen LogP contribution in [0.1, 0.15) is 5.56 Å². The van der Waals surface area contributed by atoms with E-state index in [-0.39, 0.29) is 18.0 Å². The van der Waals surface area contributed by atoms with Gasteiger partial charge in [0.1, 0.15) is 18.4 Å². The van der Waals surface area contributed by atoms with Crippen LogP contribution in [0.5, 0.6) is 0 Å². The molecule has 158 valence electrons. The molecule has 0 saturated carbocycles. The van der Waals surface area contributed by atoms with Crippen molar-refractivity contribution in [3.05, 3.63) is 93.4 Å². The quantitative estimate of drug-likeness (QED) is 0.406. The molecule has 1 amide bonds. The van der Waals surface area contributed by atoms with Crippen LogP contribution < -0.4 is 10.9 Å². The van der Waals surface area contributed by atoms with Gasteiger partial charge in [-0.05, 0) is 57.4 Å². The number of hydrogen-bond donors (Lipinski definition) is 1. The van der Waals surface area contributed by atoms with Gasteiger partial charge in [-0.1, -0.05) is 48.5 Å². The molecule has 2 aromatic heterocycles. The predicted molar refractivity (Wildman–Crippen MR) is 128 cm³/mol. The number of fused-ring (bicyclic) bond motifs is 2. The standard InChI is InChI=1S/C24H18BrN5O2/c1-15-9-10-20(19(25)11-15)27-23(31)13-29-24(32)22-12-21(28-30(22)14-26-29)18-8-4-6-16-5-2-3-7-17(16)18/h2-12,14H,13H2,1H3,(H,27,31). The lowest BCUT2D eigenvalue weighted by atomic mass is 10.0. The van der Waals surface area contributed by atoms with Gasteiger partial charge in [-0.15, -0.1) is 0 Å². The van der Waals surface area contributed by atoms with Crippen LogP contribution in [-0.2, 0) is 11.3 Å². The summed E-state index contributed by atoms with van der Waals surface area (Å²) in [5, 5.41) is 13.6. The molecule has 2 heterocycles. The molecule has 0 fully saturated rings. The predicted octanol–water partition coefficient (Wildman–Crippen LogP) is 4.42. The van der Waals surface area contributed by atoms with Crippen molar-refractivity contribution in [2.75, 3.05) is 5.32 Å². The summed E-state index contributed by atoms with van der Waals surface area (Å²) < 4.78 is 3.36. The largest absolute Gasteiger partial charge is 0.323 e. The first-order valence-corrected chi connectivity index (χ1v) is 10.8. The van der Waals surface area contributed by atoms with Crippen molar-refractivity contribution in [1.29, 1.82) is 0 Å². The number of hydrogen-bond acceptors (Lipinski definition) is 4. The number of carbonyl (C=O) groups is 1. The van der Waals surface area contributed by atoms with Gasteiger partial charge in [-0.25, -0.2) is 9.20 Å². The summed E-state index contributed by atoms with van der Waals surface area (Å²) >= 11 is 3.44. The molecule has 0 unspecified atom stereocenters. The lowest BCUT2D eigenvalue weighted by Gasteiger charge is -2.09. The normalized spacial score (nSPS) is 11.2. The molecular weight excluding hydrogens is 470 g/mol. The monoisotopic (exact) mass is 487 g/mol. The zero-order chi connectivity index (χ0) is 22.2. The highest BCUT2D eigenvalue weighted by molar-refractivity contribution is 9.10. The highest BCUT2D eigenvalue weighted by Gasteiger charge is 2.14. The minimum Gasteiger partial charge on any atom is -0.323 e. The number of halogens is 1. The zero-order valence-corrected chi connectivity index (χ0v) is 18.7. The molecule has 0 atom stereocenters. The van der Waals surface area contributed by atoms with Crippen LogP contribution in [0.2, 0.25) is 0 Å². The molecule has 5 aromatic rings. The molecule has 7 nitrogen and oxygen atoms in total. The highest BCUT2D eigenvalue weighted by atomic mass is 79.9. The zero-order valence-electron chi connectivity index (χ0n) is 17.1. The number of nitrogens with zero attached hydrogens (tertiary/aromatic N) is 4. The Bertz CT molecular complexity index is 1550. The SMILES string of the molecule is Cc1ccc(NC(=O)Cn2ncn3nc(-c4cccc5ccccc45)cc3c2=O)c(Br)c1. The number of carbonyl (C=O) groups excluding carboxylic acids is 1. The smallest absolute Gasteiger partial charge is 0.293 e. The van der Waals surface area contributed by atoms with Gasteiger partial charge >= 0.3 is 0 Å². The average Bonchev–Trinajstić information content (AvgIpc) is 3.22. The van der Waals surface area contributed by atoms with Gasteiger partial charge in [0.25, 0.3) is 5.56 Å². The van der Waals surface area contributed by atoms with E-state index < -0.39 is 0 Å². The maximum Gasteiger partial charge on any atom is 0.293 e. The van der Waals surface area contributed by atoms with Gasteiger partial charge in [0, 0.05) is 10.0 Å². The summed E-state index contributed by atoms with van der Waals surface area (Å²) in [6.45, 7) is 1.76. The molecule has 0 aliphatic heterocycles. The minimum absolute atomic E-state index is 0.204. The van der Waals surface area contributed by atoms with Gasteiger partial charge in [0.05, 0.1) is 11.4 Å². The summed E-state index contributed by atoms with van der Waals surface area (Å²) in [5.41, 5.74) is 3.28. The number of rotatable bonds is 4. The lowest BCUT2D eigenvalue weighted by Crippen LogP contribution is -2.30. The summed E-state index contributed by atoms with van der Waals surface area (Å²) in [6, 6.07) is 21.3. The Morgan fingerprint density at radius 3 is 2.72 bits per heavy atom. The molecule has 0 spiro atoms. The maximum absolute atomic E-state index is 13.0. The maximum atomic E-state index is 13.0. The van der Waals surface area contributed by atoms with Crippen molar-refractivity contribution >= 4 is 43.8 Å². The van der Waals surface area contributed by atoms with E-state index in [9.17, 15) is 9.59 Å². The van der Waals surface area contributed by atoms with Gasteiger partial charge in [-0.2, -0.15) is 10.2 Å². The van der Waals surface area contributed by atoms with Crippen molar-refractivity contribution in [3.8, 4) is 11.3 Å². The van der Waals surface area contributed by atoms with Crippen LogP contribution >= 0.6 is 15.9 Å². The fraction of sp³-hybridized carbons (Fsp3) is 0.0833. The van der Waals surface area contributed by atoms with Gasteiger partial charge in [0.15, 0.2) is 0 Å². The van der Waals surface area contributed by atoms with Gasteiger partial charge < -0.3 is 5.32 Å². The number of anilines is 1. The van der Waals surface area contributed by atoms with E-state index >= 15 is 0 Å². The third kappa shape index (κ3) is 3.69. The lowest BCUT2D eigenvalue weighted by molar-refractivity contribution is -0.117. The van der Waals surface area contributed by atoms with E-state index in [1.165, 1.54) is 10.8 Å².